The molecule has 7 nitrogen and oxygen atoms in total. The van der Waals surface area contributed by atoms with Crippen LogP contribution < -0.4 is 10.6 Å². The number of H-pyrrole nitrogens is 1. The largest absolute Gasteiger partial charge is 0.349 e. The molecule has 1 aromatic carbocycles. The Bertz CT molecular complexity index is 940. The fourth-order valence-electron chi connectivity index (χ4n) is 5.59. The zero-order valence-electron chi connectivity index (χ0n) is 17.4. The van der Waals surface area contributed by atoms with Gasteiger partial charge >= 0.3 is 0 Å². The van der Waals surface area contributed by atoms with Crippen molar-refractivity contribution in [3.05, 3.63) is 41.7 Å². The summed E-state index contributed by atoms with van der Waals surface area (Å²) in [5.41, 5.74) is 2.13. The number of piperidine rings is 3. The first-order chi connectivity index (χ1) is 14.6. The molecule has 3 saturated heterocycles. The Labute approximate surface area is 176 Å². The van der Waals surface area contributed by atoms with Crippen LogP contribution >= 0.6 is 0 Å². The molecular formula is C23H29N5O2. The standard InChI is InChI=1S/C23H29N5O2/c1-14-21(27-22(26-14)15-6-3-2-4-7-15)23(30)25-13-19-17-10-16(11-24-12-17)18-8-5-9-20(29)28(18)19/h2-4,6-7,16-19,24H,5,8-13H2,1H3,(H,25,30)(H,26,27)/t16-,17+,18+,19+/m1/s1. The maximum atomic E-state index is 13.0. The molecule has 4 atom stereocenters. The van der Waals surface area contributed by atoms with Crippen LogP contribution in [0.4, 0.5) is 0 Å². The van der Waals surface area contributed by atoms with E-state index in [1.54, 1.807) is 0 Å². The van der Waals surface area contributed by atoms with Crippen molar-refractivity contribution in [2.24, 2.45) is 11.8 Å². The van der Waals surface area contributed by atoms with E-state index in [1.807, 2.05) is 37.3 Å². The number of carbonyl (C=O) groups excluding carboxylic acids is 2. The van der Waals surface area contributed by atoms with Gasteiger partial charge in [0.25, 0.3) is 5.91 Å². The van der Waals surface area contributed by atoms with E-state index in [1.165, 1.54) is 0 Å². The fraction of sp³-hybridized carbons (Fsp3) is 0.522. The van der Waals surface area contributed by atoms with Crippen molar-refractivity contribution in [2.45, 2.75) is 44.7 Å². The molecule has 3 aliphatic rings. The van der Waals surface area contributed by atoms with Crippen LogP contribution in [0.15, 0.2) is 30.3 Å². The molecule has 3 aliphatic heterocycles. The third kappa shape index (κ3) is 3.41. The first kappa shape index (κ1) is 19.3. The number of nitrogens with zero attached hydrogens (tertiary/aromatic N) is 2. The smallest absolute Gasteiger partial charge is 0.271 e. The average Bonchev–Trinajstić information content (AvgIpc) is 3.16. The van der Waals surface area contributed by atoms with Gasteiger partial charge in [-0.3, -0.25) is 9.59 Å². The number of aromatic nitrogens is 2. The topological polar surface area (TPSA) is 90.1 Å². The molecule has 158 valence electrons. The Balaban J connectivity index is 1.32. The summed E-state index contributed by atoms with van der Waals surface area (Å²) in [4.78, 5) is 35.6. The van der Waals surface area contributed by atoms with Gasteiger partial charge in [0.2, 0.25) is 5.91 Å². The summed E-state index contributed by atoms with van der Waals surface area (Å²) >= 11 is 0. The van der Waals surface area contributed by atoms with Crippen molar-refractivity contribution >= 4 is 11.8 Å². The van der Waals surface area contributed by atoms with Crippen LogP contribution in [0.1, 0.15) is 41.9 Å². The summed E-state index contributed by atoms with van der Waals surface area (Å²) in [6, 6.07) is 10.2. The summed E-state index contributed by atoms with van der Waals surface area (Å²) in [7, 11) is 0. The van der Waals surface area contributed by atoms with Crippen molar-refractivity contribution in [3.8, 4) is 11.4 Å². The summed E-state index contributed by atoms with van der Waals surface area (Å²) in [5.74, 6) is 1.70. The van der Waals surface area contributed by atoms with Crippen molar-refractivity contribution in [3.63, 3.8) is 0 Å². The van der Waals surface area contributed by atoms with E-state index in [9.17, 15) is 9.59 Å². The summed E-state index contributed by atoms with van der Waals surface area (Å²) < 4.78 is 0. The number of hydrogen-bond acceptors (Lipinski definition) is 4. The van der Waals surface area contributed by atoms with Gasteiger partial charge in [0.05, 0.1) is 6.04 Å². The normalized spacial score (nSPS) is 28.2. The van der Waals surface area contributed by atoms with Gasteiger partial charge in [-0.25, -0.2) is 4.98 Å². The molecule has 0 spiro atoms. The third-order valence-corrected chi connectivity index (χ3v) is 7.02. The van der Waals surface area contributed by atoms with Crippen molar-refractivity contribution in [1.29, 1.82) is 0 Å². The zero-order chi connectivity index (χ0) is 20.7. The van der Waals surface area contributed by atoms with E-state index in [0.29, 0.717) is 42.4 Å². The monoisotopic (exact) mass is 407 g/mol. The van der Waals surface area contributed by atoms with Crippen LogP contribution in [0.2, 0.25) is 0 Å². The maximum absolute atomic E-state index is 13.0. The lowest BCUT2D eigenvalue weighted by molar-refractivity contribution is -0.148. The molecule has 0 saturated carbocycles. The molecule has 2 bridgehead atoms. The second kappa shape index (κ2) is 7.87. The number of imidazole rings is 1. The van der Waals surface area contributed by atoms with Gasteiger partial charge in [-0.1, -0.05) is 30.3 Å². The summed E-state index contributed by atoms with van der Waals surface area (Å²) in [6.45, 7) is 4.26. The molecule has 1 aromatic heterocycles. The van der Waals surface area contributed by atoms with E-state index in [0.717, 1.165) is 43.6 Å². The van der Waals surface area contributed by atoms with Gasteiger partial charge < -0.3 is 20.5 Å². The van der Waals surface area contributed by atoms with Crippen LogP contribution in [-0.4, -0.2) is 58.4 Å². The second-order valence-corrected chi connectivity index (χ2v) is 8.88. The Morgan fingerprint density at radius 2 is 2.03 bits per heavy atom. The molecule has 4 heterocycles. The lowest BCUT2D eigenvalue weighted by Crippen LogP contribution is -2.66. The van der Waals surface area contributed by atoms with E-state index >= 15 is 0 Å². The molecule has 2 amide bonds. The fourth-order valence-corrected chi connectivity index (χ4v) is 5.59. The Hall–Kier alpha value is -2.67. The van der Waals surface area contributed by atoms with Crippen LogP contribution in [-0.2, 0) is 4.79 Å². The first-order valence-electron chi connectivity index (χ1n) is 11.0. The van der Waals surface area contributed by atoms with Gasteiger partial charge in [0, 0.05) is 36.8 Å². The van der Waals surface area contributed by atoms with E-state index in [2.05, 4.69) is 25.5 Å². The number of amides is 2. The number of benzene rings is 1. The van der Waals surface area contributed by atoms with Gasteiger partial charge in [0.1, 0.15) is 11.5 Å². The molecule has 3 N–H and O–H groups in total. The first-order valence-corrected chi connectivity index (χ1v) is 11.0. The molecule has 7 heteroatoms. The van der Waals surface area contributed by atoms with Crippen molar-refractivity contribution < 1.29 is 9.59 Å². The molecule has 30 heavy (non-hydrogen) atoms. The molecule has 0 unspecified atom stereocenters. The lowest BCUT2D eigenvalue weighted by atomic mass is 9.72. The van der Waals surface area contributed by atoms with Gasteiger partial charge in [-0.15, -0.1) is 0 Å². The highest BCUT2D eigenvalue weighted by Crippen LogP contribution is 2.39. The number of fused-ring (bicyclic) bond motifs is 4. The number of rotatable bonds is 4. The Morgan fingerprint density at radius 3 is 2.87 bits per heavy atom. The predicted molar refractivity (Wildman–Crippen MR) is 114 cm³/mol. The van der Waals surface area contributed by atoms with E-state index < -0.39 is 0 Å². The van der Waals surface area contributed by atoms with Crippen molar-refractivity contribution in [2.75, 3.05) is 19.6 Å². The Morgan fingerprint density at radius 1 is 1.23 bits per heavy atom. The second-order valence-electron chi connectivity index (χ2n) is 8.88. The quantitative estimate of drug-likeness (QED) is 0.724. The van der Waals surface area contributed by atoms with Crippen molar-refractivity contribution in [1.82, 2.24) is 25.5 Å². The van der Waals surface area contributed by atoms with Gasteiger partial charge in [0.15, 0.2) is 0 Å². The molecule has 2 aromatic rings. The summed E-state index contributed by atoms with van der Waals surface area (Å²) in [5, 5.41) is 6.63. The summed E-state index contributed by atoms with van der Waals surface area (Å²) in [6.07, 6.45) is 3.83. The molecular weight excluding hydrogens is 378 g/mol. The van der Waals surface area contributed by atoms with E-state index in [-0.39, 0.29) is 17.9 Å². The number of aromatic amines is 1. The zero-order valence-corrected chi connectivity index (χ0v) is 17.4. The highest BCUT2D eigenvalue weighted by Gasteiger charge is 2.47. The van der Waals surface area contributed by atoms with Crippen LogP contribution in [0, 0.1) is 18.8 Å². The third-order valence-electron chi connectivity index (χ3n) is 7.02. The predicted octanol–water partition coefficient (Wildman–Crippen LogP) is 2.10. The minimum absolute atomic E-state index is 0.0589. The maximum Gasteiger partial charge on any atom is 0.271 e. The minimum atomic E-state index is -0.183. The number of carbonyl (C=O) groups is 2. The molecule has 0 aliphatic carbocycles. The minimum Gasteiger partial charge on any atom is -0.349 e. The molecule has 0 radical (unpaired) electrons. The Kier molecular flexibility index (Phi) is 5.06. The van der Waals surface area contributed by atoms with Crippen LogP contribution in [0.5, 0.6) is 0 Å². The molecule has 5 rings (SSSR count). The van der Waals surface area contributed by atoms with Crippen LogP contribution in [0.25, 0.3) is 11.4 Å². The van der Waals surface area contributed by atoms with E-state index in [4.69, 9.17) is 0 Å². The van der Waals surface area contributed by atoms with Gasteiger partial charge in [-0.05, 0) is 44.6 Å². The molecule has 3 fully saturated rings. The SMILES string of the molecule is Cc1[nH]c(-c2ccccc2)nc1C(=O)NC[C@H]1[C@@H]2CNC[C@@H](C2)[C@@H]2CCCC(=O)N21. The number of hydrogen-bond donors (Lipinski definition) is 3. The number of nitrogens with one attached hydrogen (secondary N) is 3. The highest BCUT2D eigenvalue weighted by molar-refractivity contribution is 5.94. The average molecular weight is 408 g/mol. The highest BCUT2D eigenvalue weighted by atomic mass is 16.2. The lowest BCUT2D eigenvalue weighted by Gasteiger charge is -2.54. The van der Waals surface area contributed by atoms with Crippen LogP contribution in [0.3, 0.4) is 0 Å². The van der Waals surface area contributed by atoms with Gasteiger partial charge in [-0.2, -0.15) is 0 Å². The number of aryl methyl sites for hydroxylation is 1.